The third-order valence-electron chi connectivity index (χ3n) is 5.15. The number of nitrogens with zero attached hydrogens (tertiary/aromatic N) is 2. The summed E-state index contributed by atoms with van der Waals surface area (Å²) in [5.74, 6) is -0.0437. The highest BCUT2D eigenvalue weighted by Crippen LogP contribution is 2.30. The van der Waals surface area contributed by atoms with Gasteiger partial charge in [-0.25, -0.2) is 4.68 Å². The molecule has 4 aromatic rings. The maximum Gasteiger partial charge on any atom is 0.259 e. The molecule has 0 aliphatic carbocycles. The van der Waals surface area contributed by atoms with E-state index in [0.29, 0.717) is 28.4 Å². The molecule has 1 heterocycles. The van der Waals surface area contributed by atoms with Gasteiger partial charge in [0.1, 0.15) is 11.4 Å². The van der Waals surface area contributed by atoms with Gasteiger partial charge in [0.05, 0.1) is 24.0 Å². The Morgan fingerprint density at radius 2 is 1.67 bits per heavy atom. The quantitative estimate of drug-likeness (QED) is 0.439. The lowest BCUT2D eigenvalue weighted by atomic mass is 10.0. The first-order valence-corrected chi connectivity index (χ1v) is 10.4. The summed E-state index contributed by atoms with van der Waals surface area (Å²) in [6.07, 6.45) is 1.73. The van der Waals surface area contributed by atoms with Gasteiger partial charge in [-0.3, -0.25) is 9.59 Å². The van der Waals surface area contributed by atoms with Gasteiger partial charge >= 0.3 is 0 Å². The van der Waals surface area contributed by atoms with Crippen LogP contribution in [0.1, 0.15) is 22.8 Å². The molecule has 0 radical (unpaired) electrons. The zero-order chi connectivity index (χ0) is 23.4. The lowest BCUT2D eigenvalue weighted by molar-refractivity contribution is -0.114. The molecule has 0 saturated heterocycles. The first-order valence-electron chi connectivity index (χ1n) is 10.4. The van der Waals surface area contributed by atoms with Gasteiger partial charge in [-0.05, 0) is 42.8 Å². The van der Waals surface area contributed by atoms with Crippen molar-refractivity contribution in [2.75, 3.05) is 17.7 Å². The first kappa shape index (κ1) is 21.8. The van der Waals surface area contributed by atoms with Crippen LogP contribution in [0, 0.1) is 6.92 Å². The van der Waals surface area contributed by atoms with Crippen molar-refractivity contribution in [3.05, 3.63) is 90.1 Å². The molecule has 3 aromatic carbocycles. The van der Waals surface area contributed by atoms with E-state index in [4.69, 9.17) is 9.84 Å². The molecule has 0 spiro atoms. The summed E-state index contributed by atoms with van der Waals surface area (Å²) < 4.78 is 6.99. The van der Waals surface area contributed by atoms with Crippen molar-refractivity contribution in [3.63, 3.8) is 0 Å². The van der Waals surface area contributed by atoms with Crippen molar-refractivity contribution in [2.45, 2.75) is 13.8 Å². The molecular weight excluding hydrogens is 416 g/mol. The van der Waals surface area contributed by atoms with Crippen molar-refractivity contribution < 1.29 is 14.3 Å². The highest BCUT2D eigenvalue weighted by atomic mass is 16.5. The Balaban J connectivity index is 1.73. The minimum atomic E-state index is -0.311. The number of aromatic nitrogens is 2. The summed E-state index contributed by atoms with van der Waals surface area (Å²) in [5, 5.41) is 10.4. The number of benzene rings is 3. The fourth-order valence-electron chi connectivity index (χ4n) is 3.56. The number of aryl methyl sites for hydroxylation is 1. The van der Waals surface area contributed by atoms with Gasteiger partial charge in [0.25, 0.3) is 5.91 Å². The third-order valence-corrected chi connectivity index (χ3v) is 5.15. The van der Waals surface area contributed by atoms with Crippen LogP contribution in [-0.4, -0.2) is 28.7 Å². The lowest BCUT2D eigenvalue weighted by Crippen LogP contribution is -2.13. The Bertz CT molecular complexity index is 1310. The molecular formula is C26H24N4O3. The number of methoxy groups -OCH3 is 1. The lowest BCUT2D eigenvalue weighted by Gasteiger charge is -2.12. The van der Waals surface area contributed by atoms with E-state index in [1.807, 2.05) is 61.5 Å². The van der Waals surface area contributed by atoms with E-state index in [0.717, 1.165) is 16.8 Å². The SMILES string of the molecule is COc1ccc(NC(=O)c2cn(-c3ccccc3)nc2-c2ccccc2C)cc1NC(C)=O. The van der Waals surface area contributed by atoms with Gasteiger partial charge in [0.2, 0.25) is 5.91 Å². The Labute approximate surface area is 192 Å². The molecule has 166 valence electrons. The maximum atomic E-state index is 13.4. The van der Waals surface area contributed by atoms with Gasteiger partial charge in [-0.1, -0.05) is 42.5 Å². The molecule has 2 amide bonds. The number of rotatable bonds is 6. The molecule has 0 atom stereocenters. The maximum absolute atomic E-state index is 13.4. The van der Waals surface area contributed by atoms with E-state index in [1.165, 1.54) is 14.0 Å². The Morgan fingerprint density at radius 3 is 2.36 bits per heavy atom. The fraction of sp³-hybridized carbons (Fsp3) is 0.115. The van der Waals surface area contributed by atoms with Gasteiger partial charge in [0.15, 0.2) is 0 Å². The minimum Gasteiger partial charge on any atom is -0.495 e. The number of hydrogen-bond acceptors (Lipinski definition) is 4. The summed E-state index contributed by atoms with van der Waals surface area (Å²) >= 11 is 0. The van der Waals surface area contributed by atoms with E-state index >= 15 is 0 Å². The number of anilines is 2. The average Bonchev–Trinajstić information content (AvgIpc) is 3.25. The molecule has 0 saturated carbocycles. The van der Waals surface area contributed by atoms with Crippen molar-refractivity contribution >= 4 is 23.2 Å². The smallest absolute Gasteiger partial charge is 0.259 e. The summed E-state index contributed by atoms with van der Waals surface area (Å²) in [7, 11) is 1.52. The van der Waals surface area contributed by atoms with Crippen LogP contribution in [0.15, 0.2) is 79.0 Å². The second-order valence-electron chi connectivity index (χ2n) is 7.54. The molecule has 0 aliphatic rings. The molecule has 0 fully saturated rings. The normalized spacial score (nSPS) is 10.5. The number of ether oxygens (including phenoxy) is 1. The standard InChI is InChI=1S/C26H24N4O3/c1-17-9-7-8-12-21(17)25-22(16-30(29-25)20-10-5-4-6-11-20)26(32)28-19-13-14-24(33-3)23(15-19)27-18(2)31/h4-16H,1-3H3,(H,27,31)(H,28,32). The van der Waals surface area contributed by atoms with Crippen LogP contribution in [0.2, 0.25) is 0 Å². The zero-order valence-electron chi connectivity index (χ0n) is 18.6. The van der Waals surface area contributed by atoms with Crippen LogP contribution in [-0.2, 0) is 4.79 Å². The number of carbonyl (C=O) groups excluding carboxylic acids is 2. The largest absolute Gasteiger partial charge is 0.495 e. The summed E-state index contributed by atoms with van der Waals surface area (Å²) in [5.41, 5.74) is 4.77. The molecule has 0 aliphatic heterocycles. The molecule has 2 N–H and O–H groups in total. The van der Waals surface area contributed by atoms with Crippen LogP contribution in [0.4, 0.5) is 11.4 Å². The molecule has 0 bridgehead atoms. The van der Waals surface area contributed by atoms with Gasteiger partial charge in [-0.2, -0.15) is 5.10 Å². The fourth-order valence-corrected chi connectivity index (χ4v) is 3.56. The monoisotopic (exact) mass is 440 g/mol. The van der Waals surface area contributed by atoms with Gasteiger partial charge < -0.3 is 15.4 Å². The van der Waals surface area contributed by atoms with E-state index in [1.54, 1.807) is 29.1 Å². The summed E-state index contributed by atoms with van der Waals surface area (Å²) in [6, 6.07) is 22.5. The van der Waals surface area contributed by atoms with Crippen LogP contribution >= 0.6 is 0 Å². The van der Waals surface area contributed by atoms with E-state index in [2.05, 4.69) is 10.6 Å². The Hall–Kier alpha value is -4.39. The number of nitrogens with one attached hydrogen (secondary N) is 2. The van der Waals surface area contributed by atoms with Crippen molar-refractivity contribution in [1.82, 2.24) is 9.78 Å². The number of para-hydroxylation sites is 1. The second kappa shape index (κ2) is 9.40. The van der Waals surface area contributed by atoms with Crippen LogP contribution < -0.4 is 15.4 Å². The minimum absolute atomic E-state index is 0.234. The van der Waals surface area contributed by atoms with E-state index in [9.17, 15) is 9.59 Å². The Morgan fingerprint density at radius 1 is 0.939 bits per heavy atom. The predicted molar refractivity (Wildman–Crippen MR) is 129 cm³/mol. The molecule has 7 heteroatoms. The number of carbonyl (C=O) groups is 2. The molecule has 33 heavy (non-hydrogen) atoms. The first-order chi connectivity index (χ1) is 16.0. The third kappa shape index (κ3) is 4.77. The molecule has 7 nitrogen and oxygen atoms in total. The highest BCUT2D eigenvalue weighted by Gasteiger charge is 2.20. The van der Waals surface area contributed by atoms with Crippen LogP contribution in [0.25, 0.3) is 16.9 Å². The highest BCUT2D eigenvalue weighted by molar-refractivity contribution is 6.08. The van der Waals surface area contributed by atoms with Crippen LogP contribution in [0.3, 0.4) is 0 Å². The molecule has 4 rings (SSSR count). The molecule has 0 unspecified atom stereocenters. The van der Waals surface area contributed by atoms with Crippen molar-refractivity contribution in [1.29, 1.82) is 0 Å². The predicted octanol–water partition coefficient (Wildman–Crippen LogP) is 5.07. The van der Waals surface area contributed by atoms with E-state index < -0.39 is 0 Å². The number of hydrogen-bond donors (Lipinski definition) is 2. The number of amides is 2. The van der Waals surface area contributed by atoms with Crippen molar-refractivity contribution in [3.8, 4) is 22.7 Å². The summed E-state index contributed by atoms with van der Waals surface area (Å²) in [4.78, 5) is 24.9. The Kier molecular flexibility index (Phi) is 6.22. The van der Waals surface area contributed by atoms with Crippen LogP contribution in [0.5, 0.6) is 5.75 Å². The van der Waals surface area contributed by atoms with Gasteiger partial charge in [0, 0.05) is 24.4 Å². The second-order valence-corrected chi connectivity index (χ2v) is 7.54. The van der Waals surface area contributed by atoms with Gasteiger partial charge in [-0.15, -0.1) is 0 Å². The average molecular weight is 441 g/mol. The summed E-state index contributed by atoms with van der Waals surface area (Å²) in [6.45, 7) is 3.40. The topological polar surface area (TPSA) is 85.2 Å². The van der Waals surface area contributed by atoms with Crippen molar-refractivity contribution in [2.24, 2.45) is 0 Å². The molecule has 1 aromatic heterocycles. The van der Waals surface area contributed by atoms with E-state index in [-0.39, 0.29) is 11.8 Å². The zero-order valence-corrected chi connectivity index (χ0v) is 18.6.